The highest BCUT2D eigenvalue weighted by molar-refractivity contribution is 5.86. The Balaban J connectivity index is 1.39. The summed E-state index contributed by atoms with van der Waals surface area (Å²) in [4.78, 5) is 29.1. The molecule has 1 aromatic carbocycles. The number of fused-ring (bicyclic) bond motifs is 1. The van der Waals surface area contributed by atoms with Crippen LogP contribution in [0.3, 0.4) is 0 Å². The lowest BCUT2D eigenvalue weighted by Crippen LogP contribution is -2.04. The predicted octanol–water partition coefficient (Wildman–Crippen LogP) is 2.31. The first-order valence-corrected chi connectivity index (χ1v) is 10.3. The van der Waals surface area contributed by atoms with Crippen molar-refractivity contribution in [2.75, 3.05) is 7.11 Å². The minimum Gasteiger partial charge on any atom is -0.466 e. The SMILES string of the molecule is COC(=O)C=Cc1cnc(-c2cccc(Cn3nnc4ncc(-c5cnn(C)c5)nc43)c2)nc1. The fourth-order valence-corrected chi connectivity index (χ4v) is 3.34. The van der Waals surface area contributed by atoms with Crippen LogP contribution in [0.2, 0.25) is 0 Å². The lowest BCUT2D eigenvalue weighted by molar-refractivity contribution is -0.134. The van der Waals surface area contributed by atoms with Crippen molar-refractivity contribution in [2.24, 2.45) is 7.05 Å². The number of ether oxygens (including phenoxy) is 1. The summed E-state index contributed by atoms with van der Waals surface area (Å²) in [6.45, 7) is 0.454. The maximum Gasteiger partial charge on any atom is 0.330 e. The van der Waals surface area contributed by atoms with Crippen LogP contribution >= 0.6 is 0 Å². The van der Waals surface area contributed by atoms with Gasteiger partial charge in [-0.05, 0) is 17.7 Å². The van der Waals surface area contributed by atoms with Crippen LogP contribution in [-0.4, -0.2) is 57.8 Å². The smallest absolute Gasteiger partial charge is 0.330 e. The van der Waals surface area contributed by atoms with E-state index in [0.29, 0.717) is 34.9 Å². The molecular weight excluding hydrogens is 434 g/mol. The summed E-state index contributed by atoms with van der Waals surface area (Å²) in [7, 11) is 3.18. The van der Waals surface area contributed by atoms with E-state index in [4.69, 9.17) is 4.98 Å². The summed E-state index contributed by atoms with van der Waals surface area (Å²) in [5.74, 6) is 0.133. The molecule has 0 radical (unpaired) electrons. The highest BCUT2D eigenvalue weighted by Crippen LogP contribution is 2.20. The fourth-order valence-electron chi connectivity index (χ4n) is 3.34. The van der Waals surface area contributed by atoms with Gasteiger partial charge in [-0.2, -0.15) is 5.10 Å². The molecule has 0 spiro atoms. The molecule has 4 heterocycles. The largest absolute Gasteiger partial charge is 0.466 e. The third-order valence-electron chi connectivity index (χ3n) is 5.03. The Labute approximate surface area is 193 Å². The molecule has 0 saturated carbocycles. The molecule has 11 nitrogen and oxygen atoms in total. The fraction of sp³-hybridized carbons (Fsp3) is 0.130. The minimum absolute atomic E-state index is 0.436. The first-order valence-electron chi connectivity index (χ1n) is 10.3. The van der Waals surface area contributed by atoms with E-state index >= 15 is 0 Å². The highest BCUT2D eigenvalue weighted by atomic mass is 16.5. The van der Waals surface area contributed by atoms with Gasteiger partial charge in [0, 0.05) is 48.4 Å². The second-order valence-electron chi connectivity index (χ2n) is 7.45. The van der Waals surface area contributed by atoms with Crippen molar-refractivity contribution in [1.82, 2.24) is 44.7 Å². The summed E-state index contributed by atoms with van der Waals surface area (Å²) in [6, 6.07) is 7.85. The number of hydrogen-bond donors (Lipinski definition) is 0. The topological polar surface area (TPSA) is 126 Å². The second-order valence-corrected chi connectivity index (χ2v) is 7.45. The Morgan fingerprint density at radius 2 is 1.94 bits per heavy atom. The number of aryl methyl sites for hydroxylation is 1. The van der Waals surface area contributed by atoms with Crippen molar-refractivity contribution >= 4 is 23.3 Å². The van der Waals surface area contributed by atoms with Gasteiger partial charge in [0.25, 0.3) is 0 Å². The summed E-state index contributed by atoms with van der Waals surface area (Å²) in [6.07, 6.45) is 11.5. The quantitative estimate of drug-likeness (QED) is 0.281. The van der Waals surface area contributed by atoms with Crippen LogP contribution in [0, 0.1) is 0 Å². The zero-order chi connectivity index (χ0) is 23.5. The standard InChI is InChI=1S/C23H19N9O2/c1-31-14-18(11-27-31)19-12-26-22-23(28-19)32(30-29-22)13-15-4-3-5-17(8-15)21-24-9-16(10-25-21)6-7-20(33)34-2/h3-12,14H,13H2,1-2H3. The number of hydrogen-bond acceptors (Lipinski definition) is 9. The molecule has 0 fully saturated rings. The first-order chi connectivity index (χ1) is 16.6. The molecule has 11 heteroatoms. The Hall–Kier alpha value is -4.80. The first kappa shape index (κ1) is 21.1. The van der Waals surface area contributed by atoms with Gasteiger partial charge in [0.15, 0.2) is 11.5 Å². The van der Waals surface area contributed by atoms with Gasteiger partial charge in [-0.15, -0.1) is 5.10 Å². The van der Waals surface area contributed by atoms with Gasteiger partial charge in [-0.3, -0.25) is 4.68 Å². The average molecular weight is 453 g/mol. The lowest BCUT2D eigenvalue weighted by atomic mass is 10.1. The van der Waals surface area contributed by atoms with E-state index in [9.17, 15) is 4.79 Å². The molecule has 0 unspecified atom stereocenters. The number of methoxy groups -OCH3 is 1. The molecule has 0 bridgehead atoms. The van der Waals surface area contributed by atoms with E-state index in [1.165, 1.54) is 13.2 Å². The van der Waals surface area contributed by atoms with Crippen LogP contribution in [0.5, 0.6) is 0 Å². The monoisotopic (exact) mass is 453 g/mol. The van der Waals surface area contributed by atoms with Gasteiger partial charge >= 0.3 is 5.97 Å². The molecule has 0 aliphatic rings. The maximum absolute atomic E-state index is 11.2. The van der Waals surface area contributed by atoms with Gasteiger partial charge in [0.1, 0.15) is 0 Å². The molecule has 0 aliphatic carbocycles. The summed E-state index contributed by atoms with van der Waals surface area (Å²) in [5.41, 5.74) is 5.17. The molecular formula is C23H19N9O2. The molecule has 168 valence electrons. The molecule has 0 saturated heterocycles. The van der Waals surface area contributed by atoms with Crippen LogP contribution in [-0.2, 0) is 23.1 Å². The minimum atomic E-state index is -0.436. The molecule has 0 atom stereocenters. The Morgan fingerprint density at radius 1 is 1.09 bits per heavy atom. The van der Waals surface area contributed by atoms with Crippen molar-refractivity contribution in [3.63, 3.8) is 0 Å². The average Bonchev–Trinajstić information content (AvgIpc) is 3.49. The second kappa shape index (κ2) is 8.98. The predicted molar refractivity (Wildman–Crippen MR) is 123 cm³/mol. The number of aromatic nitrogens is 9. The van der Waals surface area contributed by atoms with Crippen molar-refractivity contribution in [1.29, 1.82) is 0 Å². The van der Waals surface area contributed by atoms with Crippen molar-refractivity contribution in [3.05, 3.63) is 72.5 Å². The van der Waals surface area contributed by atoms with Crippen molar-refractivity contribution in [2.45, 2.75) is 6.54 Å². The molecule has 4 aromatic heterocycles. The third-order valence-corrected chi connectivity index (χ3v) is 5.03. The van der Waals surface area contributed by atoms with E-state index in [2.05, 4.69) is 35.1 Å². The number of nitrogens with zero attached hydrogens (tertiary/aromatic N) is 9. The van der Waals surface area contributed by atoms with E-state index in [1.54, 1.807) is 40.2 Å². The van der Waals surface area contributed by atoms with E-state index in [-0.39, 0.29) is 0 Å². The normalized spacial score (nSPS) is 11.4. The van der Waals surface area contributed by atoms with Crippen LogP contribution in [0.1, 0.15) is 11.1 Å². The number of rotatable bonds is 6. The Bertz CT molecular complexity index is 1500. The Kier molecular flexibility index (Phi) is 5.56. The molecule has 34 heavy (non-hydrogen) atoms. The maximum atomic E-state index is 11.2. The van der Waals surface area contributed by atoms with Crippen LogP contribution in [0.25, 0.3) is 40.0 Å². The van der Waals surface area contributed by atoms with Crippen molar-refractivity contribution < 1.29 is 9.53 Å². The van der Waals surface area contributed by atoms with Gasteiger partial charge in [-0.25, -0.2) is 29.4 Å². The molecule has 0 aliphatic heterocycles. The molecule has 5 rings (SSSR count). The molecule has 5 aromatic rings. The van der Waals surface area contributed by atoms with E-state index in [0.717, 1.165) is 16.7 Å². The van der Waals surface area contributed by atoms with Crippen LogP contribution in [0.15, 0.2) is 61.3 Å². The number of carbonyl (C=O) groups is 1. The van der Waals surface area contributed by atoms with Gasteiger partial charge in [-0.1, -0.05) is 23.4 Å². The number of carbonyl (C=O) groups excluding carboxylic acids is 1. The molecule has 0 amide bonds. The summed E-state index contributed by atoms with van der Waals surface area (Å²) >= 11 is 0. The summed E-state index contributed by atoms with van der Waals surface area (Å²) in [5, 5.41) is 12.6. The van der Waals surface area contributed by atoms with Gasteiger partial charge in [0.2, 0.25) is 5.65 Å². The molecule has 0 N–H and O–H groups in total. The zero-order valence-electron chi connectivity index (χ0n) is 18.4. The van der Waals surface area contributed by atoms with Crippen molar-refractivity contribution in [3.8, 4) is 22.6 Å². The van der Waals surface area contributed by atoms with E-state index < -0.39 is 5.97 Å². The third kappa shape index (κ3) is 4.39. The van der Waals surface area contributed by atoms with Gasteiger partial charge < -0.3 is 4.74 Å². The van der Waals surface area contributed by atoms with Crippen LogP contribution < -0.4 is 0 Å². The summed E-state index contributed by atoms with van der Waals surface area (Å²) < 4.78 is 8.01. The van der Waals surface area contributed by atoms with E-state index in [1.807, 2.05) is 37.5 Å². The Morgan fingerprint density at radius 3 is 2.71 bits per heavy atom. The number of benzene rings is 1. The zero-order valence-corrected chi connectivity index (χ0v) is 18.4. The van der Waals surface area contributed by atoms with Crippen LogP contribution in [0.4, 0.5) is 0 Å². The van der Waals surface area contributed by atoms with Gasteiger partial charge in [0.05, 0.1) is 31.7 Å². The number of esters is 1. The highest BCUT2D eigenvalue weighted by Gasteiger charge is 2.12. The lowest BCUT2D eigenvalue weighted by Gasteiger charge is -2.06.